The van der Waals surface area contributed by atoms with E-state index >= 15 is 0 Å². The van der Waals surface area contributed by atoms with Gasteiger partial charge in [0, 0.05) is 44.4 Å². The molecule has 1 aliphatic carbocycles. The lowest BCUT2D eigenvalue weighted by atomic mass is 9.86. The molecule has 178 valence electrons. The molecular formula is C22H32ClN3O6. The van der Waals surface area contributed by atoms with Crippen LogP contribution in [0.2, 0.25) is 5.02 Å². The number of hydrogen-bond acceptors (Lipinski definition) is 6. The number of benzene rings is 1. The summed E-state index contributed by atoms with van der Waals surface area (Å²) in [5, 5.41) is 15.3. The highest BCUT2D eigenvalue weighted by Crippen LogP contribution is 2.39. The Morgan fingerprint density at radius 2 is 1.81 bits per heavy atom. The second-order valence-corrected chi connectivity index (χ2v) is 7.83. The minimum atomic E-state index is -0.833. The first kappa shape index (κ1) is 27.3. The molecular weight excluding hydrogens is 438 g/mol. The first-order valence-electron chi connectivity index (χ1n) is 10.2. The van der Waals surface area contributed by atoms with Gasteiger partial charge in [-0.05, 0) is 37.3 Å². The van der Waals surface area contributed by atoms with Gasteiger partial charge in [-0.15, -0.1) is 0 Å². The number of carbonyl (C=O) groups is 2. The monoisotopic (exact) mass is 469 g/mol. The van der Waals surface area contributed by atoms with Crippen LogP contribution in [0.15, 0.2) is 24.5 Å². The Balaban J connectivity index is 0.000000554. The van der Waals surface area contributed by atoms with Crippen molar-refractivity contribution in [3.8, 4) is 22.9 Å². The van der Waals surface area contributed by atoms with Crippen molar-refractivity contribution in [2.75, 3.05) is 14.2 Å². The molecule has 0 bridgehead atoms. The summed E-state index contributed by atoms with van der Waals surface area (Å²) in [4.78, 5) is 22.5. The average Bonchev–Trinajstić information content (AvgIpc) is 3.14. The Labute approximate surface area is 193 Å². The number of ether oxygens (including phenoxy) is 2. The van der Waals surface area contributed by atoms with E-state index in [9.17, 15) is 0 Å². The van der Waals surface area contributed by atoms with Crippen molar-refractivity contribution in [3.05, 3.63) is 29.5 Å². The van der Waals surface area contributed by atoms with Crippen LogP contribution in [0.3, 0.4) is 0 Å². The Bertz CT molecular complexity index is 867. The minimum Gasteiger partial charge on any atom is -0.493 e. The van der Waals surface area contributed by atoms with E-state index in [4.69, 9.17) is 46.6 Å². The predicted molar refractivity (Wildman–Crippen MR) is 122 cm³/mol. The summed E-state index contributed by atoms with van der Waals surface area (Å²) in [6.07, 6.45) is 8.47. The number of carboxylic acid groups (broad SMARTS) is 2. The van der Waals surface area contributed by atoms with E-state index in [1.807, 2.05) is 24.5 Å². The Kier molecular flexibility index (Phi) is 11.6. The third-order valence-electron chi connectivity index (χ3n) is 4.69. The number of methoxy groups -OCH3 is 2. The van der Waals surface area contributed by atoms with Crippen molar-refractivity contribution in [1.82, 2.24) is 9.55 Å². The number of aliphatic carboxylic acids is 2. The molecule has 1 aromatic carbocycles. The van der Waals surface area contributed by atoms with Gasteiger partial charge in [0.2, 0.25) is 0 Å². The van der Waals surface area contributed by atoms with E-state index in [0.717, 1.165) is 44.6 Å². The fourth-order valence-electron chi connectivity index (χ4n) is 3.54. The zero-order valence-electron chi connectivity index (χ0n) is 18.9. The Morgan fingerprint density at radius 1 is 1.19 bits per heavy atom. The van der Waals surface area contributed by atoms with E-state index in [1.54, 1.807) is 14.2 Å². The van der Waals surface area contributed by atoms with E-state index in [1.165, 1.54) is 12.8 Å². The standard InChI is InChI=1S/C18H24ClN3O2.2C2H4O2/c1-23-16-10-13(9-15(19)17(16)24-2)18-21-6-7-22(18)11-12-4-3-5-14(20)8-12;2*1-2(3)4/h6-7,9-10,12,14H,3-5,8,11,20H2,1-2H3;2*1H3,(H,3,4)/t12-,14+;;/m0../s1. The van der Waals surface area contributed by atoms with Crippen LogP contribution in [-0.2, 0) is 16.1 Å². The second-order valence-electron chi connectivity index (χ2n) is 7.43. The normalized spacial score (nSPS) is 17.2. The van der Waals surface area contributed by atoms with Crippen LogP contribution in [0.4, 0.5) is 0 Å². The first-order valence-corrected chi connectivity index (χ1v) is 10.5. The summed E-state index contributed by atoms with van der Waals surface area (Å²) in [6.45, 7) is 3.09. The topological polar surface area (TPSA) is 137 Å². The summed E-state index contributed by atoms with van der Waals surface area (Å²) in [6, 6.07) is 4.11. The molecule has 1 fully saturated rings. The number of nitrogens with two attached hydrogens (primary N) is 1. The molecule has 2 atom stereocenters. The van der Waals surface area contributed by atoms with Crippen LogP contribution in [0.25, 0.3) is 11.4 Å². The molecule has 3 rings (SSSR count). The van der Waals surface area contributed by atoms with Crippen LogP contribution in [0.5, 0.6) is 11.5 Å². The number of halogens is 1. The maximum absolute atomic E-state index is 9.00. The maximum Gasteiger partial charge on any atom is 0.300 e. The smallest absolute Gasteiger partial charge is 0.300 e. The highest BCUT2D eigenvalue weighted by atomic mass is 35.5. The lowest BCUT2D eigenvalue weighted by Crippen LogP contribution is -2.29. The van der Waals surface area contributed by atoms with Gasteiger partial charge in [-0.2, -0.15) is 0 Å². The van der Waals surface area contributed by atoms with E-state index < -0.39 is 11.9 Å². The summed E-state index contributed by atoms with van der Waals surface area (Å²) < 4.78 is 12.9. The second kappa shape index (κ2) is 13.6. The van der Waals surface area contributed by atoms with Crippen LogP contribution in [-0.4, -0.2) is 52.0 Å². The van der Waals surface area contributed by atoms with Gasteiger partial charge in [-0.1, -0.05) is 18.0 Å². The highest BCUT2D eigenvalue weighted by molar-refractivity contribution is 6.32. The first-order chi connectivity index (χ1) is 15.1. The molecule has 2 aromatic rings. The molecule has 1 aromatic heterocycles. The molecule has 1 saturated carbocycles. The number of carboxylic acids is 2. The van der Waals surface area contributed by atoms with Gasteiger partial charge in [-0.3, -0.25) is 9.59 Å². The van der Waals surface area contributed by atoms with E-state index in [-0.39, 0.29) is 0 Å². The van der Waals surface area contributed by atoms with Gasteiger partial charge in [-0.25, -0.2) is 4.98 Å². The summed E-state index contributed by atoms with van der Waals surface area (Å²) in [5.41, 5.74) is 7.04. The molecule has 0 spiro atoms. The van der Waals surface area contributed by atoms with E-state index in [2.05, 4.69) is 9.55 Å². The van der Waals surface area contributed by atoms with Crippen molar-refractivity contribution >= 4 is 23.5 Å². The summed E-state index contributed by atoms with van der Waals surface area (Å²) >= 11 is 6.34. The molecule has 9 nitrogen and oxygen atoms in total. The minimum absolute atomic E-state index is 0.325. The molecule has 0 unspecified atom stereocenters. The molecule has 1 aliphatic rings. The van der Waals surface area contributed by atoms with Crippen molar-refractivity contribution in [2.45, 2.75) is 52.1 Å². The van der Waals surface area contributed by atoms with Gasteiger partial charge in [0.05, 0.1) is 19.2 Å². The van der Waals surface area contributed by atoms with Crippen LogP contribution >= 0.6 is 11.6 Å². The molecule has 0 saturated heterocycles. The highest BCUT2D eigenvalue weighted by Gasteiger charge is 2.21. The molecule has 0 radical (unpaired) electrons. The third kappa shape index (κ3) is 9.15. The van der Waals surface area contributed by atoms with Crippen LogP contribution in [0, 0.1) is 5.92 Å². The van der Waals surface area contributed by atoms with Crippen molar-refractivity contribution in [3.63, 3.8) is 0 Å². The lowest BCUT2D eigenvalue weighted by molar-refractivity contribution is -0.135. The van der Waals surface area contributed by atoms with Gasteiger partial charge in [0.25, 0.3) is 11.9 Å². The van der Waals surface area contributed by atoms with Gasteiger partial charge < -0.3 is 30.0 Å². The summed E-state index contributed by atoms with van der Waals surface area (Å²) in [7, 11) is 3.19. The van der Waals surface area contributed by atoms with Crippen molar-refractivity contribution < 1.29 is 29.3 Å². The number of rotatable bonds is 5. The van der Waals surface area contributed by atoms with E-state index in [0.29, 0.717) is 28.5 Å². The van der Waals surface area contributed by atoms with Crippen LogP contribution < -0.4 is 15.2 Å². The van der Waals surface area contributed by atoms with Gasteiger partial charge in [0.15, 0.2) is 11.5 Å². The quantitative estimate of drug-likeness (QED) is 0.599. The summed E-state index contributed by atoms with van der Waals surface area (Å²) in [5.74, 6) is 0.961. The Hall–Kier alpha value is -2.78. The zero-order chi connectivity index (χ0) is 24.3. The average molecular weight is 470 g/mol. The Morgan fingerprint density at radius 3 is 2.34 bits per heavy atom. The number of imidazole rings is 1. The predicted octanol–water partition coefficient (Wildman–Crippen LogP) is 3.92. The number of nitrogens with zero attached hydrogens (tertiary/aromatic N) is 2. The number of hydrogen-bond donors (Lipinski definition) is 3. The number of aromatic nitrogens is 2. The largest absolute Gasteiger partial charge is 0.493 e. The van der Waals surface area contributed by atoms with Crippen LogP contribution in [0.1, 0.15) is 39.5 Å². The molecule has 32 heavy (non-hydrogen) atoms. The lowest BCUT2D eigenvalue weighted by Gasteiger charge is -2.27. The SMILES string of the molecule is CC(=O)O.CC(=O)O.COc1cc(-c2nccn2C[C@H]2CCC[C@@H](N)C2)cc(Cl)c1OC. The molecule has 1 heterocycles. The molecule has 4 N–H and O–H groups in total. The third-order valence-corrected chi connectivity index (χ3v) is 4.97. The van der Waals surface area contributed by atoms with Crippen molar-refractivity contribution in [2.24, 2.45) is 11.7 Å². The fraction of sp³-hybridized carbons (Fsp3) is 0.500. The molecule has 10 heteroatoms. The van der Waals surface area contributed by atoms with Gasteiger partial charge >= 0.3 is 0 Å². The van der Waals surface area contributed by atoms with Crippen molar-refractivity contribution in [1.29, 1.82) is 0 Å². The maximum atomic E-state index is 9.00. The zero-order valence-corrected chi connectivity index (χ0v) is 19.6. The molecule has 0 amide bonds. The molecule has 0 aliphatic heterocycles. The van der Waals surface area contributed by atoms with Gasteiger partial charge in [0.1, 0.15) is 5.82 Å². The fourth-order valence-corrected chi connectivity index (χ4v) is 3.83.